The molecule has 12 atom stereocenters. The Labute approximate surface area is 246 Å². The molecule has 0 radical (unpaired) electrons. The third-order valence-corrected chi connectivity index (χ3v) is 10.4. The number of aliphatic hydroxyl groups excluding tert-OH is 5. The molecule has 2 fully saturated rings. The van der Waals surface area contributed by atoms with Crippen LogP contribution in [0, 0.1) is 0 Å². The number of aromatic nitrogens is 2. The van der Waals surface area contributed by atoms with Crippen molar-refractivity contribution in [3.63, 3.8) is 0 Å². The number of nitrogen functional groups attached to an aromatic ring is 1. The maximum absolute atomic E-state index is 14.0. The first-order valence-corrected chi connectivity index (χ1v) is 16.3. The molecule has 2 aromatic heterocycles. The van der Waals surface area contributed by atoms with Crippen LogP contribution in [0.1, 0.15) is 18.6 Å². The highest BCUT2D eigenvalue weighted by atomic mass is 32.5. The fourth-order valence-electron chi connectivity index (χ4n) is 4.66. The van der Waals surface area contributed by atoms with Crippen LogP contribution in [0.25, 0.3) is 11.1 Å². The molecule has 2 saturated heterocycles. The lowest BCUT2D eigenvalue weighted by Gasteiger charge is -2.41. The van der Waals surface area contributed by atoms with E-state index in [9.17, 15) is 44.3 Å². The molecule has 0 saturated carbocycles. The maximum atomic E-state index is 14.0. The highest BCUT2D eigenvalue weighted by Gasteiger charge is 2.61. The van der Waals surface area contributed by atoms with E-state index in [2.05, 4.69) is 25.4 Å². The van der Waals surface area contributed by atoms with Crippen LogP contribution in [-0.4, -0.2) is 118 Å². The Morgan fingerprint density at radius 2 is 1.93 bits per heavy atom. The topological polar surface area (TPSA) is 290 Å². The summed E-state index contributed by atoms with van der Waals surface area (Å²) in [6, 6.07) is 0. The van der Waals surface area contributed by atoms with Crippen LogP contribution in [0.15, 0.2) is 29.7 Å². The van der Waals surface area contributed by atoms with Crippen LogP contribution in [0.3, 0.4) is 0 Å². The molecule has 4 rings (SSSR count). The molecule has 0 aliphatic carbocycles. The molecule has 22 heteroatoms. The van der Waals surface area contributed by atoms with Gasteiger partial charge in [-0.25, -0.2) is 23.2 Å². The highest BCUT2D eigenvalue weighted by molar-refractivity contribution is 8.08. The van der Waals surface area contributed by atoms with E-state index in [1.807, 2.05) is 0 Å². The van der Waals surface area contributed by atoms with Crippen LogP contribution < -0.4 is 5.73 Å². The van der Waals surface area contributed by atoms with Gasteiger partial charge in [-0.2, -0.15) is 0 Å². The van der Waals surface area contributed by atoms with Gasteiger partial charge in [0.2, 0.25) is 0 Å². The number of nitrogens with two attached hydrogens (primary N) is 1. The number of hydrogen-bond acceptors (Lipinski definition) is 17. The Morgan fingerprint density at radius 3 is 2.56 bits per heavy atom. The zero-order valence-corrected chi connectivity index (χ0v) is 24.7. The van der Waals surface area contributed by atoms with Crippen molar-refractivity contribution >= 4 is 43.3 Å². The summed E-state index contributed by atoms with van der Waals surface area (Å²) >= 11 is 4.77. The third kappa shape index (κ3) is 6.56. The lowest BCUT2D eigenvalue weighted by Crippen LogP contribution is -2.60. The van der Waals surface area contributed by atoms with Crippen LogP contribution in [0.4, 0.5) is 10.2 Å². The zero-order valence-electron chi connectivity index (χ0n) is 22.1. The molecule has 2 aliphatic rings. The number of ether oxygens (including phenoxy) is 2. The van der Waals surface area contributed by atoms with Crippen LogP contribution in [-0.2, 0) is 39.2 Å². The van der Waals surface area contributed by atoms with Gasteiger partial charge in [-0.15, -0.1) is 6.58 Å². The Balaban J connectivity index is 1.48. The quantitative estimate of drug-likeness (QED) is 0.0957. The molecular formula is C21H30FN3O15P2S. The van der Waals surface area contributed by atoms with Crippen molar-refractivity contribution in [2.24, 2.45) is 0 Å². The monoisotopic (exact) mass is 677 g/mol. The fourth-order valence-corrected chi connectivity index (χ4v) is 7.81. The molecule has 0 spiro atoms. The second-order valence-corrected chi connectivity index (χ2v) is 14.4. The van der Waals surface area contributed by atoms with E-state index in [1.54, 1.807) is 0 Å². The van der Waals surface area contributed by atoms with Crippen LogP contribution in [0.5, 0.6) is 0 Å². The summed E-state index contributed by atoms with van der Waals surface area (Å²) in [7, 11) is -5.54. The summed E-state index contributed by atoms with van der Waals surface area (Å²) in [6.45, 7) is -2.04. The maximum Gasteiger partial charge on any atom is 0.481 e. The molecule has 43 heavy (non-hydrogen) atoms. The minimum absolute atomic E-state index is 0.0120. The fraction of sp³-hybridized carbons (Fsp3) is 0.619. The third-order valence-electron chi connectivity index (χ3n) is 6.94. The summed E-state index contributed by atoms with van der Waals surface area (Å²) in [5.41, 5.74) is 2.04. The average molecular weight is 677 g/mol. The van der Waals surface area contributed by atoms with Gasteiger partial charge in [-0.1, -0.05) is 6.08 Å². The molecule has 4 heterocycles. The second-order valence-electron chi connectivity index (χ2n) is 9.97. The van der Waals surface area contributed by atoms with Crippen molar-refractivity contribution in [1.82, 2.24) is 9.97 Å². The van der Waals surface area contributed by atoms with Gasteiger partial charge in [-0.05, 0) is 18.7 Å². The first-order valence-electron chi connectivity index (χ1n) is 12.2. The highest BCUT2D eigenvalue weighted by Crippen LogP contribution is 2.62. The normalized spacial score (nSPS) is 38.4. The predicted octanol–water partition coefficient (Wildman–Crippen LogP) is -1.58. The Bertz CT molecular complexity index is 1440. The van der Waals surface area contributed by atoms with Crippen molar-refractivity contribution in [1.29, 1.82) is 0 Å². The van der Waals surface area contributed by atoms with Gasteiger partial charge < -0.3 is 64.6 Å². The van der Waals surface area contributed by atoms with E-state index in [0.717, 1.165) is 12.4 Å². The van der Waals surface area contributed by atoms with Crippen molar-refractivity contribution in [2.75, 3.05) is 18.9 Å². The number of phosphoric ester groups is 1. The molecule has 0 amide bonds. The second kappa shape index (κ2) is 12.3. The Hall–Kier alpha value is -1.55. The standard InChI is InChI=1S/C21H30FN3O15P2S/c1-3-21(31)16(8-5-35-15-10(8)24-7-25-17(15)23)38-20(2,19(21)30)6-36-42(34,43)40-41(32,33)39-18-13(29)11(27)12(28)14(37-18)9(22)4-26/h3,5,7,9,11-14,16,18-19,26-31H,1,4,6H2,2H3,(H,32,33)(H,34,43)(H2,23,24,25)/t9-,11?,12?,13?,14?,16-,18?,19+,20+,21-,42?/m0/s1. The number of halogens is 1. The zero-order chi connectivity index (χ0) is 32.1. The minimum atomic E-state index is -5.54. The number of anilines is 1. The minimum Gasteiger partial charge on any atom is -0.458 e. The van der Waals surface area contributed by atoms with Gasteiger partial charge in [0, 0.05) is 5.56 Å². The van der Waals surface area contributed by atoms with Gasteiger partial charge in [-0.3, -0.25) is 4.52 Å². The molecule has 18 nitrogen and oxygen atoms in total. The molecule has 0 aromatic carbocycles. The van der Waals surface area contributed by atoms with Crippen LogP contribution in [0.2, 0.25) is 0 Å². The average Bonchev–Trinajstić information content (AvgIpc) is 3.46. The van der Waals surface area contributed by atoms with Gasteiger partial charge in [0.15, 0.2) is 23.9 Å². The smallest absolute Gasteiger partial charge is 0.458 e. The number of furan rings is 1. The summed E-state index contributed by atoms with van der Waals surface area (Å²) in [4.78, 5) is 28.5. The molecule has 10 N–H and O–H groups in total. The summed E-state index contributed by atoms with van der Waals surface area (Å²) in [5.74, 6) is -0.0120. The number of hydrogen-bond donors (Lipinski definition) is 9. The lowest BCUT2D eigenvalue weighted by atomic mass is 9.83. The first kappa shape index (κ1) is 34.3. The van der Waals surface area contributed by atoms with Crippen molar-refractivity contribution in [3.05, 3.63) is 30.8 Å². The largest absolute Gasteiger partial charge is 0.481 e. The number of phosphoric acid groups is 1. The number of rotatable bonds is 11. The summed E-state index contributed by atoms with van der Waals surface area (Å²) < 4.78 is 57.1. The number of aliphatic hydroxyl groups is 6. The first-order chi connectivity index (χ1) is 19.9. The molecule has 2 aromatic rings. The lowest BCUT2D eigenvalue weighted by molar-refractivity contribution is -0.287. The SMILES string of the molecule is C=C[C@]1(O)[C@H](c2coc3c(N)ncnc23)O[C@](C)(COP(O)(=S)OP(=O)(O)OC2OC([C@@H](F)CO)C(O)C(O)C2O)[C@H]1O. The number of alkyl halides is 1. The van der Waals surface area contributed by atoms with Crippen LogP contribution >= 0.6 is 14.5 Å². The summed E-state index contributed by atoms with van der Waals surface area (Å²) in [6.07, 6.45) is -12.9. The van der Waals surface area contributed by atoms with E-state index in [-0.39, 0.29) is 22.5 Å². The van der Waals surface area contributed by atoms with E-state index < -0.39 is 88.0 Å². The van der Waals surface area contributed by atoms with Gasteiger partial charge in [0.25, 0.3) is 0 Å². The Kier molecular flexibility index (Phi) is 9.84. The predicted molar refractivity (Wildman–Crippen MR) is 143 cm³/mol. The van der Waals surface area contributed by atoms with E-state index >= 15 is 0 Å². The van der Waals surface area contributed by atoms with Gasteiger partial charge in [0.05, 0.1) is 19.5 Å². The van der Waals surface area contributed by atoms with E-state index in [4.69, 9.17) is 41.1 Å². The molecule has 7 unspecified atom stereocenters. The molecule has 2 aliphatic heterocycles. The van der Waals surface area contributed by atoms with Crippen molar-refractivity contribution < 1.29 is 76.6 Å². The molecule has 0 bridgehead atoms. The molecular weight excluding hydrogens is 647 g/mol. The number of nitrogens with zero attached hydrogens (tertiary/aromatic N) is 2. The summed E-state index contributed by atoms with van der Waals surface area (Å²) in [5, 5.41) is 61.2. The van der Waals surface area contributed by atoms with Gasteiger partial charge in [0.1, 0.15) is 59.7 Å². The Morgan fingerprint density at radius 1 is 1.26 bits per heavy atom. The van der Waals surface area contributed by atoms with Gasteiger partial charge >= 0.3 is 14.5 Å². The van der Waals surface area contributed by atoms with E-state index in [0.29, 0.717) is 0 Å². The van der Waals surface area contributed by atoms with Crippen molar-refractivity contribution in [3.8, 4) is 0 Å². The number of fused-ring (bicyclic) bond motifs is 1. The van der Waals surface area contributed by atoms with E-state index in [1.165, 1.54) is 13.2 Å². The van der Waals surface area contributed by atoms with Crippen molar-refractivity contribution in [2.45, 2.75) is 67.2 Å². The molecule has 242 valence electrons.